The summed E-state index contributed by atoms with van der Waals surface area (Å²) in [6, 6.07) is 26.6. The summed E-state index contributed by atoms with van der Waals surface area (Å²) in [4.78, 5) is 25.4. The maximum absolute atomic E-state index is 12.9. The molecule has 0 spiro atoms. The minimum absolute atomic E-state index is 0.178. The van der Waals surface area contributed by atoms with Gasteiger partial charge in [-0.1, -0.05) is 42.5 Å². The van der Waals surface area contributed by atoms with Crippen LogP contribution in [-0.2, 0) is 6.61 Å². The zero-order chi connectivity index (χ0) is 22.8. The molecule has 0 aliphatic rings. The van der Waals surface area contributed by atoms with Crippen molar-refractivity contribution in [1.29, 1.82) is 0 Å². The Morgan fingerprint density at radius 2 is 1.64 bits per heavy atom. The Balaban J connectivity index is 1.42. The Morgan fingerprint density at radius 3 is 2.48 bits per heavy atom. The van der Waals surface area contributed by atoms with Crippen LogP contribution in [0.25, 0.3) is 33.4 Å². The lowest BCUT2D eigenvalue weighted by molar-refractivity contribution is 0.102. The third-order valence-electron chi connectivity index (χ3n) is 5.30. The van der Waals surface area contributed by atoms with E-state index in [1.54, 1.807) is 60.7 Å². The summed E-state index contributed by atoms with van der Waals surface area (Å²) < 4.78 is 11.0. The van der Waals surface area contributed by atoms with Crippen LogP contribution in [0.15, 0.2) is 105 Å². The van der Waals surface area contributed by atoms with Gasteiger partial charge in [-0.3, -0.25) is 4.79 Å². The fraction of sp³-hybridized carbons (Fsp3) is 0.0370. The van der Waals surface area contributed by atoms with Gasteiger partial charge in [-0.05, 0) is 54.1 Å². The number of hydrogen-bond acceptors (Lipinski definition) is 5. The van der Waals surface area contributed by atoms with E-state index in [9.17, 15) is 14.7 Å². The number of furan rings is 1. The number of para-hydroxylation sites is 1. The molecule has 0 fully saturated rings. The number of fused-ring (bicyclic) bond motifs is 1. The highest BCUT2D eigenvalue weighted by Gasteiger charge is 2.12. The number of benzene rings is 3. The largest absolute Gasteiger partial charge is 0.459 e. The lowest BCUT2D eigenvalue weighted by atomic mass is 10.0. The molecule has 5 rings (SSSR count). The molecule has 0 atom stereocenters. The first-order valence-corrected chi connectivity index (χ1v) is 10.4. The van der Waals surface area contributed by atoms with E-state index in [2.05, 4.69) is 5.32 Å². The topological polar surface area (TPSA) is 92.7 Å². The van der Waals surface area contributed by atoms with E-state index in [-0.39, 0.29) is 12.5 Å². The van der Waals surface area contributed by atoms with Gasteiger partial charge in [0.15, 0.2) is 0 Å². The minimum atomic E-state index is -0.459. The first-order chi connectivity index (χ1) is 16.1. The van der Waals surface area contributed by atoms with Gasteiger partial charge in [-0.25, -0.2) is 4.79 Å². The van der Waals surface area contributed by atoms with Crippen molar-refractivity contribution in [2.45, 2.75) is 6.61 Å². The number of carbonyl (C=O) groups excluding carboxylic acids is 1. The Kier molecular flexibility index (Phi) is 5.34. The summed E-state index contributed by atoms with van der Waals surface area (Å²) >= 11 is 0. The zero-order valence-corrected chi connectivity index (χ0v) is 17.4. The lowest BCUT2D eigenvalue weighted by Gasteiger charge is -2.08. The van der Waals surface area contributed by atoms with Crippen molar-refractivity contribution in [2.24, 2.45) is 0 Å². The zero-order valence-electron chi connectivity index (χ0n) is 17.4. The van der Waals surface area contributed by atoms with Crippen molar-refractivity contribution in [3.05, 3.63) is 113 Å². The molecule has 2 aromatic heterocycles. The van der Waals surface area contributed by atoms with Gasteiger partial charge in [0.1, 0.15) is 23.7 Å². The monoisotopic (exact) mass is 437 g/mol. The van der Waals surface area contributed by atoms with Crippen molar-refractivity contribution in [1.82, 2.24) is 0 Å². The average molecular weight is 437 g/mol. The van der Waals surface area contributed by atoms with Gasteiger partial charge in [0.05, 0.1) is 5.56 Å². The second kappa shape index (κ2) is 8.61. The molecule has 0 saturated carbocycles. The third kappa shape index (κ3) is 4.20. The van der Waals surface area contributed by atoms with Gasteiger partial charge in [-0.2, -0.15) is 0 Å². The summed E-state index contributed by atoms with van der Waals surface area (Å²) in [5.41, 5.74) is 2.82. The molecule has 5 aromatic rings. The third-order valence-corrected chi connectivity index (χ3v) is 5.30. The number of nitrogens with one attached hydrogen (secondary N) is 1. The number of anilines is 1. The average Bonchev–Trinajstić information content (AvgIpc) is 3.33. The highest BCUT2D eigenvalue weighted by molar-refractivity contribution is 6.05. The molecule has 162 valence electrons. The highest BCUT2D eigenvalue weighted by Crippen LogP contribution is 2.26. The maximum atomic E-state index is 12.9. The molecule has 0 aliphatic carbocycles. The summed E-state index contributed by atoms with van der Waals surface area (Å²) in [7, 11) is 0. The number of hydrogen-bond donors (Lipinski definition) is 2. The first-order valence-electron chi connectivity index (χ1n) is 10.4. The van der Waals surface area contributed by atoms with E-state index >= 15 is 0 Å². The van der Waals surface area contributed by atoms with Crippen LogP contribution < -0.4 is 10.9 Å². The quantitative estimate of drug-likeness (QED) is 0.356. The molecule has 0 saturated heterocycles. The number of amides is 1. The first kappa shape index (κ1) is 20.5. The van der Waals surface area contributed by atoms with Crippen LogP contribution in [0.4, 0.5) is 5.69 Å². The Hall–Kier alpha value is -4.42. The van der Waals surface area contributed by atoms with E-state index in [0.29, 0.717) is 39.5 Å². The standard InChI is InChI=1S/C27H19NO5/c29-16-22-11-12-25(32-22)18-7-4-9-21(14-18)28-26(30)20-8-3-6-17(13-20)23-15-19-5-1-2-10-24(19)33-27(23)31/h1-15,29H,16H2,(H,28,30). The van der Waals surface area contributed by atoms with Crippen LogP contribution >= 0.6 is 0 Å². The van der Waals surface area contributed by atoms with Gasteiger partial charge >= 0.3 is 5.63 Å². The van der Waals surface area contributed by atoms with E-state index < -0.39 is 5.63 Å². The summed E-state index contributed by atoms with van der Waals surface area (Å²) in [6.45, 7) is -0.178. The number of carbonyl (C=O) groups is 1. The smallest absolute Gasteiger partial charge is 0.344 e. The molecule has 1 amide bonds. The molecule has 2 heterocycles. The van der Waals surface area contributed by atoms with Crippen molar-refractivity contribution < 1.29 is 18.7 Å². The normalized spacial score (nSPS) is 10.9. The van der Waals surface area contributed by atoms with E-state index in [1.807, 2.05) is 30.3 Å². The fourth-order valence-corrected chi connectivity index (χ4v) is 3.66. The Morgan fingerprint density at radius 1 is 0.818 bits per heavy atom. The predicted molar refractivity (Wildman–Crippen MR) is 126 cm³/mol. The van der Waals surface area contributed by atoms with Gasteiger partial charge in [0.2, 0.25) is 0 Å². The second-order valence-electron chi connectivity index (χ2n) is 7.53. The number of aliphatic hydroxyl groups is 1. The molecule has 2 N–H and O–H groups in total. The van der Waals surface area contributed by atoms with Gasteiger partial charge in [0.25, 0.3) is 5.91 Å². The van der Waals surface area contributed by atoms with Crippen molar-refractivity contribution in [3.63, 3.8) is 0 Å². The van der Waals surface area contributed by atoms with E-state index in [4.69, 9.17) is 8.83 Å². The molecule has 0 aliphatic heterocycles. The van der Waals surface area contributed by atoms with E-state index in [0.717, 1.165) is 10.9 Å². The van der Waals surface area contributed by atoms with E-state index in [1.165, 1.54) is 0 Å². The predicted octanol–water partition coefficient (Wildman–Crippen LogP) is 5.46. The van der Waals surface area contributed by atoms with Crippen LogP contribution in [-0.4, -0.2) is 11.0 Å². The van der Waals surface area contributed by atoms with Crippen molar-refractivity contribution in [2.75, 3.05) is 5.32 Å². The molecular weight excluding hydrogens is 418 g/mol. The minimum Gasteiger partial charge on any atom is -0.459 e. The summed E-state index contributed by atoms with van der Waals surface area (Å²) in [5, 5.41) is 12.9. The molecule has 0 bridgehead atoms. The maximum Gasteiger partial charge on any atom is 0.344 e. The lowest BCUT2D eigenvalue weighted by Crippen LogP contribution is -2.12. The van der Waals surface area contributed by atoms with Gasteiger partial charge in [0, 0.05) is 22.2 Å². The molecule has 33 heavy (non-hydrogen) atoms. The molecular formula is C27H19NO5. The Labute approximate surface area is 188 Å². The second-order valence-corrected chi connectivity index (χ2v) is 7.53. The van der Waals surface area contributed by atoms with Crippen LogP contribution in [0.5, 0.6) is 0 Å². The molecule has 0 unspecified atom stereocenters. The molecule has 3 aromatic carbocycles. The van der Waals surface area contributed by atoms with Crippen LogP contribution in [0, 0.1) is 0 Å². The molecule has 0 radical (unpaired) electrons. The van der Waals surface area contributed by atoms with Crippen LogP contribution in [0.2, 0.25) is 0 Å². The van der Waals surface area contributed by atoms with Crippen molar-refractivity contribution >= 4 is 22.6 Å². The van der Waals surface area contributed by atoms with Crippen LogP contribution in [0.3, 0.4) is 0 Å². The number of rotatable bonds is 5. The van der Waals surface area contributed by atoms with Crippen molar-refractivity contribution in [3.8, 4) is 22.5 Å². The van der Waals surface area contributed by atoms with Crippen LogP contribution in [0.1, 0.15) is 16.1 Å². The SMILES string of the molecule is O=C(Nc1cccc(-c2ccc(CO)o2)c1)c1cccc(-c2cc3ccccc3oc2=O)c1. The van der Waals surface area contributed by atoms with Gasteiger partial charge < -0.3 is 19.3 Å². The Bertz CT molecular complexity index is 1530. The number of aliphatic hydroxyl groups excluding tert-OH is 1. The summed E-state index contributed by atoms with van der Waals surface area (Å²) in [6.07, 6.45) is 0. The van der Waals surface area contributed by atoms with Gasteiger partial charge in [-0.15, -0.1) is 0 Å². The molecule has 6 nitrogen and oxygen atoms in total. The summed E-state index contributed by atoms with van der Waals surface area (Å²) in [5.74, 6) is 0.754. The highest BCUT2D eigenvalue weighted by atomic mass is 16.4. The fourth-order valence-electron chi connectivity index (χ4n) is 3.66. The molecule has 6 heteroatoms.